The molecule has 5 heteroatoms. The monoisotopic (exact) mass is 138 g/mol. The Kier molecular flexibility index (Phi) is 0.893. The molecule has 4 nitrogen and oxygen atoms in total. The van der Waals surface area contributed by atoms with Crippen molar-refractivity contribution in [2.45, 2.75) is 0 Å². The molecule has 0 amide bonds. The van der Waals surface area contributed by atoms with Crippen LogP contribution in [0.5, 0.6) is 11.6 Å². The maximum absolute atomic E-state index is 5.00. The third-order valence-electron chi connectivity index (χ3n) is 0.942. The van der Waals surface area contributed by atoms with E-state index >= 15 is 0 Å². The van der Waals surface area contributed by atoms with Crippen molar-refractivity contribution in [3.63, 3.8) is 0 Å². The van der Waals surface area contributed by atoms with E-state index in [9.17, 15) is 0 Å². The van der Waals surface area contributed by atoms with Crippen molar-refractivity contribution < 1.29 is 8.85 Å². The first kappa shape index (κ1) is 4.75. The first-order valence-corrected chi connectivity index (χ1v) is 3.19. The van der Waals surface area contributed by atoms with E-state index in [4.69, 9.17) is 8.85 Å². The Balaban J connectivity index is 2.54. The van der Waals surface area contributed by atoms with Gasteiger partial charge >= 0.3 is 10.0 Å². The van der Waals surface area contributed by atoms with Gasteiger partial charge in [0.2, 0.25) is 0 Å². The first-order valence-electron chi connectivity index (χ1n) is 2.37. The fourth-order valence-corrected chi connectivity index (χ4v) is 1.07. The maximum Gasteiger partial charge on any atom is 0.611 e. The standard InChI is InChI=1S/C4H2N2O2Si/c1-2-5-6-4-3(1)7-9-8-4/h1-2H. The van der Waals surface area contributed by atoms with Gasteiger partial charge in [-0.15, -0.1) is 5.10 Å². The van der Waals surface area contributed by atoms with Crippen LogP contribution in [0.4, 0.5) is 0 Å². The Morgan fingerprint density at radius 2 is 2.44 bits per heavy atom. The number of hydrogen-bond acceptors (Lipinski definition) is 4. The van der Waals surface area contributed by atoms with Crippen molar-refractivity contribution in [2.24, 2.45) is 0 Å². The summed E-state index contributed by atoms with van der Waals surface area (Å²) in [6, 6.07) is 1.72. The molecule has 1 aromatic heterocycles. The molecule has 0 aromatic carbocycles. The van der Waals surface area contributed by atoms with Crippen LogP contribution >= 0.6 is 0 Å². The molecular formula is C4H2N2O2Si. The highest BCUT2D eigenvalue weighted by atomic mass is 28.3. The van der Waals surface area contributed by atoms with Crippen LogP contribution in [0.1, 0.15) is 0 Å². The van der Waals surface area contributed by atoms with Gasteiger partial charge in [0.05, 0.1) is 6.20 Å². The number of hydrogen-bond donors (Lipinski definition) is 0. The summed E-state index contributed by atoms with van der Waals surface area (Å²) in [5.41, 5.74) is 0. The van der Waals surface area contributed by atoms with Crippen LogP contribution in [0.15, 0.2) is 12.3 Å². The van der Waals surface area contributed by atoms with Crippen LogP contribution < -0.4 is 8.85 Å². The Bertz CT molecular complexity index is 207. The topological polar surface area (TPSA) is 44.2 Å². The molecule has 2 rings (SSSR count). The molecule has 0 bridgehead atoms. The maximum atomic E-state index is 5.00. The van der Waals surface area contributed by atoms with E-state index in [0.717, 1.165) is 0 Å². The Morgan fingerprint density at radius 3 is 3.33 bits per heavy atom. The molecule has 44 valence electrons. The number of nitrogens with zero attached hydrogens (tertiary/aromatic N) is 2. The molecule has 2 heterocycles. The largest absolute Gasteiger partial charge is 0.611 e. The molecule has 0 fully saturated rings. The van der Waals surface area contributed by atoms with Crippen molar-refractivity contribution in [2.75, 3.05) is 0 Å². The van der Waals surface area contributed by atoms with Crippen molar-refractivity contribution >= 4 is 10.0 Å². The molecule has 0 atom stereocenters. The summed E-state index contributed by atoms with van der Waals surface area (Å²) in [5.74, 6) is 1.18. The fourth-order valence-electron chi connectivity index (χ4n) is 0.561. The lowest BCUT2D eigenvalue weighted by molar-refractivity contribution is 0.531. The minimum atomic E-state index is 0.0438. The molecule has 1 aromatic rings. The minimum absolute atomic E-state index is 0.0438. The zero-order chi connectivity index (χ0) is 6.10. The summed E-state index contributed by atoms with van der Waals surface area (Å²) < 4.78 is 9.93. The Hall–Kier alpha value is -1.10. The lowest BCUT2D eigenvalue weighted by Gasteiger charge is -1.89. The summed E-state index contributed by atoms with van der Waals surface area (Å²) in [5, 5.41) is 7.27. The second-order valence-electron chi connectivity index (χ2n) is 1.49. The Morgan fingerprint density at radius 1 is 1.44 bits per heavy atom. The van der Waals surface area contributed by atoms with Gasteiger partial charge in [-0.25, -0.2) is 0 Å². The predicted molar refractivity (Wildman–Crippen MR) is 29.0 cm³/mol. The van der Waals surface area contributed by atoms with Gasteiger partial charge in [-0.3, -0.25) is 0 Å². The van der Waals surface area contributed by atoms with Crippen LogP contribution in [0.3, 0.4) is 0 Å². The molecule has 0 saturated heterocycles. The molecule has 0 spiro atoms. The molecule has 0 saturated carbocycles. The van der Waals surface area contributed by atoms with Gasteiger partial charge in [-0.05, 0) is 0 Å². The zero-order valence-corrected chi connectivity index (χ0v) is 5.37. The van der Waals surface area contributed by atoms with E-state index in [2.05, 4.69) is 10.2 Å². The van der Waals surface area contributed by atoms with E-state index in [1.165, 1.54) is 0 Å². The normalized spacial score (nSPS) is 13.8. The average Bonchev–Trinajstić information content (AvgIpc) is 2.33. The van der Waals surface area contributed by atoms with Gasteiger partial charge in [-0.2, -0.15) is 5.10 Å². The number of fused-ring (bicyclic) bond motifs is 1. The van der Waals surface area contributed by atoms with Crippen LogP contribution in [-0.4, -0.2) is 20.2 Å². The molecule has 0 aliphatic carbocycles. The molecule has 0 unspecified atom stereocenters. The summed E-state index contributed by atoms with van der Waals surface area (Å²) in [7, 11) is 0.0438. The van der Waals surface area contributed by atoms with Gasteiger partial charge in [0, 0.05) is 6.07 Å². The zero-order valence-electron chi connectivity index (χ0n) is 4.37. The van der Waals surface area contributed by atoms with Crippen LogP contribution in [0, 0.1) is 0 Å². The van der Waals surface area contributed by atoms with Gasteiger partial charge in [0.1, 0.15) is 0 Å². The van der Waals surface area contributed by atoms with Gasteiger partial charge < -0.3 is 8.85 Å². The van der Waals surface area contributed by atoms with E-state index < -0.39 is 0 Å². The second-order valence-corrected chi connectivity index (χ2v) is 2.06. The fraction of sp³-hybridized carbons (Fsp3) is 0. The van der Waals surface area contributed by atoms with E-state index in [1.54, 1.807) is 12.3 Å². The number of aromatic nitrogens is 2. The van der Waals surface area contributed by atoms with E-state index in [0.29, 0.717) is 11.6 Å². The molecule has 1 aliphatic rings. The third-order valence-corrected chi connectivity index (χ3v) is 1.52. The minimum Gasteiger partial charge on any atom is -0.504 e. The molecule has 2 radical (unpaired) electrons. The molecule has 1 aliphatic heterocycles. The molecule has 9 heavy (non-hydrogen) atoms. The molecular weight excluding hydrogens is 136 g/mol. The average molecular weight is 138 g/mol. The van der Waals surface area contributed by atoms with E-state index in [-0.39, 0.29) is 10.0 Å². The van der Waals surface area contributed by atoms with Crippen molar-refractivity contribution in [1.29, 1.82) is 0 Å². The van der Waals surface area contributed by atoms with Gasteiger partial charge in [-0.1, -0.05) is 0 Å². The lowest BCUT2D eigenvalue weighted by atomic mass is 10.5. The van der Waals surface area contributed by atoms with Crippen LogP contribution in [-0.2, 0) is 0 Å². The van der Waals surface area contributed by atoms with Crippen molar-refractivity contribution in [3.8, 4) is 11.6 Å². The highest BCUT2D eigenvalue weighted by Gasteiger charge is 2.16. The second kappa shape index (κ2) is 1.69. The summed E-state index contributed by atoms with van der Waals surface area (Å²) in [6.45, 7) is 0. The quantitative estimate of drug-likeness (QED) is 0.465. The highest BCUT2D eigenvalue weighted by Crippen LogP contribution is 2.25. The SMILES string of the molecule is c1cc2c(nn1)O[Si]O2. The Labute approximate surface area is 53.9 Å². The summed E-state index contributed by atoms with van der Waals surface area (Å²) in [6.07, 6.45) is 1.57. The van der Waals surface area contributed by atoms with Gasteiger partial charge in [0.15, 0.2) is 5.75 Å². The smallest absolute Gasteiger partial charge is 0.504 e. The summed E-state index contributed by atoms with van der Waals surface area (Å²) >= 11 is 0. The lowest BCUT2D eigenvalue weighted by Crippen LogP contribution is -2.00. The predicted octanol–water partition coefficient (Wildman–Crippen LogP) is -0.218. The van der Waals surface area contributed by atoms with Crippen LogP contribution in [0.25, 0.3) is 0 Å². The third kappa shape index (κ3) is 0.654. The number of rotatable bonds is 0. The first-order chi connectivity index (χ1) is 4.47. The van der Waals surface area contributed by atoms with E-state index in [1.807, 2.05) is 0 Å². The molecule has 0 N–H and O–H groups in total. The highest BCUT2D eigenvalue weighted by molar-refractivity contribution is 6.22. The van der Waals surface area contributed by atoms with Gasteiger partial charge in [0.25, 0.3) is 5.88 Å². The van der Waals surface area contributed by atoms with Crippen molar-refractivity contribution in [1.82, 2.24) is 10.2 Å². The van der Waals surface area contributed by atoms with Crippen molar-refractivity contribution in [3.05, 3.63) is 12.3 Å². The van der Waals surface area contributed by atoms with Crippen LogP contribution in [0.2, 0.25) is 0 Å². The summed E-state index contributed by atoms with van der Waals surface area (Å²) in [4.78, 5) is 0.